The molecular weight excluding hydrogens is 444 g/mol. The number of carbonyl (C=O) groups is 3. The van der Waals surface area contributed by atoms with Crippen molar-refractivity contribution in [2.75, 3.05) is 0 Å². The maximum Gasteiger partial charge on any atom is 0.310 e. The van der Waals surface area contributed by atoms with Crippen molar-refractivity contribution in [3.05, 3.63) is 68.7 Å². The molecule has 0 aliphatic heterocycles. The van der Waals surface area contributed by atoms with Crippen LogP contribution in [0.1, 0.15) is 51.0 Å². The second-order valence-corrected chi connectivity index (χ2v) is 8.75. The molecule has 0 radical (unpaired) electrons. The van der Waals surface area contributed by atoms with Crippen LogP contribution >= 0.6 is 11.3 Å². The Labute approximate surface area is 195 Å². The number of nitrogens with one attached hydrogen (secondary N) is 1. The zero-order valence-corrected chi connectivity index (χ0v) is 19.8. The molecule has 0 aliphatic rings. The van der Waals surface area contributed by atoms with Crippen LogP contribution in [0.3, 0.4) is 0 Å². The Morgan fingerprint density at radius 1 is 1.12 bits per heavy atom. The van der Waals surface area contributed by atoms with Crippen molar-refractivity contribution in [3.63, 3.8) is 0 Å². The predicted octanol–water partition coefficient (Wildman–Crippen LogP) is 3.93. The Balaban J connectivity index is 1.48. The van der Waals surface area contributed by atoms with Crippen molar-refractivity contribution in [2.24, 2.45) is 0 Å². The highest BCUT2D eigenvalue weighted by molar-refractivity contribution is 7.14. The lowest BCUT2D eigenvalue weighted by molar-refractivity contribution is -0.145. The van der Waals surface area contributed by atoms with Crippen molar-refractivity contribution < 1.29 is 28.4 Å². The van der Waals surface area contributed by atoms with E-state index in [4.69, 9.17) is 14.0 Å². The van der Waals surface area contributed by atoms with Crippen LogP contribution in [0.5, 0.6) is 5.75 Å². The number of ketones is 1. The standard InChI is InChI=1S/C24H26N2O6S/c1-14-21(15(2)32-26-14)13-30-19-7-5-18(6-8-19)11-23(28)31-16(3)24(29)22-10-9-20(33-22)12-25-17(4)27/h5-10,16H,11-13H2,1-4H3,(H,25,27). The molecular formula is C24H26N2O6S. The van der Waals surface area contributed by atoms with Crippen molar-refractivity contribution in [1.82, 2.24) is 10.5 Å². The van der Waals surface area contributed by atoms with Crippen molar-refractivity contribution in [1.29, 1.82) is 0 Å². The Kier molecular flexibility index (Phi) is 8.00. The summed E-state index contributed by atoms with van der Waals surface area (Å²) in [7, 11) is 0. The Hall–Kier alpha value is -3.46. The number of thiophene rings is 1. The van der Waals surface area contributed by atoms with E-state index in [-0.39, 0.29) is 18.1 Å². The smallest absolute Gasteiger partial charge is 0.310 e. The SMILES string of the molecule is CC(=O)NCc1ccc(C(=O)C(C)OC(=O)Cc2ccc(OCc3c(C)noc3C)cc2)s1. The average molecular weight is 471 g/mol. The Bertz CT molecular complexity index is 1110. The minimum atomic E-state index is -0.901. The van der Waals surface area contributed by atoms with Gasteiger partial charge in [-0.3, -0.25) is 14.4 Å². The van der Waals surface area contributed by atoms with Gasteiger partial charge < -0.3 is 19.3 Å². The molecule has 1 unspecified atom stereocenters. The molecule has 1 aromatic carbocycles. The summed E-state index contributed by atoms with van der Waals surface area (Å²) in [5.41, 5.74) is 2.45. The Morgan fingerprint density at radius 3 is 2.48 bits per heavy atom. The van der Waals surface area contributed by atoms with Gasteiger partial charge in [-0.2, -0.15) is 0 Å². The summed E-state index contributed by atoms with van der Waals surface area (Å²) in [5.74, 6) is 0.477. The van der Waals surface area contributed by atoms with E-state index in [0.29, 0.717) is 23.8 Å². The van der Waals surface area contributed by atoms with Gasteiger partial charge in [0, 0.05) is 11.8 Å². The van der Waals surface area contributed by atoms with Gasteiger partial charge in [-0.1, -0.05) is 17.3 Å². The number of Topliss-reactive ketones (excluding diaryl/α,β-unsaturated/α-hetero) is 1. The third-order valence-electron chi connectivity index (χ3n) is 4.93. The lowest BCUT2D eigenvalue weighted by atomic mass is 10.1. The fourth-order valence-corrected chi connectivity index (χ4v) is 4.01. The number of carbonyl (C=O) groups excluding carboxylic acids is 3. The average Bonchev–Trinajstić information content (AvgIpc) is 3.37. The van der Waals surface area contributed by atoms with E-state index in [9.17, 15) is 14.4 Å². The minimum Gasteiger partial charge on any atom is -0.489 e. The monoisotopic (exact) mass is 470 g/mol. The van der Waals surface area contributed by atoms with Crippen molar-refractivity contribution in [2.45, 2.75) is 53.4 Å². The molecule has 2 aromatic heterocycles. The number of benzene rings is 1. The number of ether oxygens (including phenoxy) is 2. The highest BCUT2D eigenvalue weighted by Crippen LogP contribution is 2.20. The van der Waals surface area contributed by atoms with Crippen molar-refractivity contribution in [3.8, 4) is 5.75 Å². The van der Waals surface area contributed by atoms with Gasteiger partial charge in [0.05, 0.1) is 29.1 Å². The van der Waals surface area contributed by atoms with Gasteiger partial charge in [0.25, 0.3) is 0 Å². The third-order valence-corrected chi connectivity index (χ3v) is 6.03. The van der Waals surface area contributed by atoms with Gasteiger partial charge >= 0.3 is 5.97 Å². The molecule has 1 N–H and O–H groups in total. The van der Waals surface area contributed by atoms with Gasteiger partial charge in [0.15, 0.2) is 6.10 Å². The summed E-state index contributed by atoms with van der Waals surface area (Å²) >= 11 is 1.27. The van der Waals surface area contributed by atoms with E-state index in [1.54, 1.807) is 43.3 Å². The number of rotatable bonds is 10. The fraction of sp³-hybridized carbons (Fsp3) is 0.333. The first-order valence-corrected chi connectivity index (χ1v) is 11.2. The van der Waals surface area contributed by atoms with Crippen LogP contribution in [0.2, 0.25) is 0 Å². The molecule has 8 nitrogen and oxygen atoms in total. The van der Waals surface area contributed by atoms with E-state index in [0.717, 1.165) is 27.5 Å². The normalized spacial score (nSPS) is 11.6. The number of amides is 1. The molecule has 33 heavy (non-hydrogen) atoms. The first-order chi connectivity index (χ1) is 15.7. The Morgan fingerprint density at radius 2 is 1.85 bits per heavy atom. The van der Waals surface area contributed by atoms with Gasteiger partial charge in [-0.15, -0.1) is 11.3 Å². The third kappa shape index (κ3) is 6.76. The van der Waals surface area contributed by atoms with Crippen LogP contribution in [0, 0.1) is 13.8 Å². The second kappa shape index (κ2) is 10.9. The summed E-state index contributed by atoms with van der Waals surface area (Å²) in [6.45, 7) is 7.39. The maximum absolute atomic E-state index is 12.6. The quantitative estimate of drug-likeness (QED) is 0.353. The first-order valence-electron chi connectivity index (χ1n) is 10.4. The molecule has 3 rings (SSSR count). The number of esters is 1. The van der Waals surface area contributed by atoms with Crippen LogP contribution in [-0.4, -0.2) is 28.9 Å². The summed E-state index contributed by atoms with van der Waals surface area (Å²) in [4.78, 5) is 37.2. The summed E-state index contributed by atoms with van der Waals surface area (Å²) in [6.07, 6.45) is -0.859. The zero-order valence-electron chi connectivity index (χ0n) is 19.0. The molecule has 174 valence electrons. The molecule has 0 bridgehead atoms. The first kappa shape index (κ1) is 24.2. The largest absolute Gasteiger partial charge is 0.489 e. The fourth-order valence-electron chi connectivity index (χ4n) is 3.04. The van der Waals surface area contributed by atoms with Gasteiger partial charge in [-0.25, -0.2) is 0 Å². The number of aryl methyl sites for hydroxylation is 2. The summed E-state index contributed by atoms with van der Waals surface area (Å²) in [5, 5.41) is 6.59. The van der Waals surface area contributed by atoms with Crippen LogP contribution in [-0.2, 0) is 33.9 Å². The lowest BCUT2D eigenvalue weighted by Gasteiger charge is -2.12. The predicted molar refractivity (Wildman–Crippen MR) is 122 cm³/mol. The molecule has 1 amide bonds. The topological polar surface area (TPSA) is 108 Å². The molecule has 0 spiro atoms. The molecule has 0 saturated carbocycles. The number of hydrogen-bond donors (Lipinski definition) is 1. The highest BCUT2D eigenvalue weighted by Gasteiger charge is 2.21. The van der Waals surface area contributed by atoms with Crippen LogP contribution in [0.15, 0.2) is 40.9 Å². The molecule has 0 saturated heterocycles. The maximum atomic E-state index is 12.6. The number of hydrogen-bond acceptors (Lipinski definition) is 8. The molecule has 9 heteroatoms. The van der Waals surface area contributed by atoms with E-state index in [1.165, 1.54) is 18.3 Å². The summed E-state index contributed by atoms with van der Waals surface area (Å²) < 4.78 is 16.2. The lowest BCUT2D eigenvalue weighted by Crippen LogP contribution is -2.24. The van der Waals surface area contributed by atoms with E-state index in [1.807, 2.05) is 13.8 Å². The van der Waals surface area contributed by atoms with E-state index < -0.39 is 12.1 Å². The molecule has 0 aliphatic carbocycles. The van der Waals surface area contributed by atoms with E-state index >= 15 is 0 Å². The van der Waals surface area contributed by atoms with Crippen LogP contribution < -0.4 is 10.1 Å². The molecule has 2 heterocycles. The summed E-state index contributed by atoms with van der Waals surface area (Å²) in [6, 6.07) is 10.6. The number of aromatic nitrogens is 1. The van der Waals surface area contributed by atoms with Crippen LogP contribution in [0.4, 0.5) is 0 Å². The zero-order chi connectivity index (χ0) is 24.0. The van der Waals surface area contributed by atoms with Gasteiger partial charge in [-0.05, 0) is 50.6 Å². The van der Waals surface area contributed by atoms with E-state index in [2.05, 4.69) is 10.5 Å². The second-order valence-electron chi connectivity index (χ2n) is 7.58. The highest BCUT2D eigenvalue weighted by atomic mass is 32.1. The molecule has 1 atom stereocenters. The van der Waals surface area contributed by atoms with Crippen LogP contribution in [0.25, 0.3) is 0 Å². The van der Waals surface area contributed by atoms with Crippen molar-refractivity contribution >= 4 is 29.0 Å². The van der Waals surface area contributed by atoms with Gasteiger partial charge in [0.1, 0.15) is 18.1 Å². The molecule has 3 aromatic rings. The molecule has 0 fully saturated rings. The number of nitrogens with zero attached hydrogens (tertiary/aromatic N) is 1. The van der Waals surface area contributed by atoms with Gasteiger partial charge in [0.2, 0.25) is 11.7 Å². The minimum absolute atomic E-state index is 0.0417.